The number of carbonyl (C=O) groups is 1. The van der Waals surface area contributed by atoms with E-state index in [1.54, 1.807) is 24.4 Å². The monoisotopic (exact) mass is 418 g/mol. The van der Waals surface area contributed by atoms with E-state index >= 15 is 0 Å². The van der Waals surface area contributed by atoms with Gasteiger partial charge in [0.15, 0.2) is 11.5 Å². The summed E-state index contributed by atoms with van der Waals surface area (Å²) >= 11 is 0. The van der Waals surface area contributed by atoms with Gasteiger partial charge in [0.05, 0.1) is 43.3 Å². The molecule has 0 radical (unpaired) electrons. The van der Waals surface area contributed by atoms with Crippen LogP contribution in [-0.4, -0.2) is 29.6 Å². The lowest BCUT2D eigenvalue weighted by Gasteiger charge is -2.15. The van der Waals surface area contributed by atoms with Gasteiger partial charge in [-0.15, -0.1) is 0 Å². The van der Waals surface area contributed by atoms with Crippen LogP contribution in [-0.2, 0) is 4.79 Å². The highest BCUT2D eigenvalue weighted by Gasteiger charge is 2.16. The molecule has 0 saturated carbocycles. The number of hydrogen-bond acceptors (Lipinski definition) is 5. The summed E-state index contributed by atoms with van der Waals surface area (Å²) in [5, 5.41) is 12.0. The lowest BCUT2D eigenvalue weighted by atomic mass is 10.2. The molecule has 2 N–H and O–H groups in total. The molecular formula is C24H26N4O3. The molecule has 1 aromatic heterocycles. The molecule has 0 bridgehead atoms. The van der Waals surface area contributed by atoms with Gasteiger partial charge in [-0.1, -0.05) is 37.3 Å². The number of nitrogens with one attached hydrogen (secondary N) is 2. The summed E-state index contributed by atoms with van der Waals surface area (Å²) in [6, 6.07) is 16.8. The van der Waals surface area contributed by atoms with Crippen molar-refractivity contribution in [3.63, 3.8) is 0 Å². The molecule has 3 rings (SSSR count). The predicted molar refractivity (Wildman–Crippen MR) is 118 cm³/mol. The van der Waals surface area contributed by atoms with E-state index in [0.29, 0.717) is 36.5 Å². The topological polar surface area (TPSA) is 100 Å². The molecule has 0 spiro atoms. The third-order valence-corrected chi connectivity index (χ3v) is 4.85. The molecule has 1 unspecified atom stereocenters. The van der Waals surface area contributed by atoms with Gasteiger partial charge in [-0.05, 0) is 30.5 Å². The van der Waals surface area contributed by atoms with Gasteiger partial charge in [-0.2, -0.15) is 5.26 Å². The summed E-state index contributed by atoms with van der Waals surface area (Å²) in [5.74, 6) is 1.74. The quantitative estimate of drug-likeness (QED) is 0.476. The van der Waals surface area contributed by atoms with Gasteiger partial charge in [0, 0.05) is 12.5 Å². The van der Waals surface area contributed by atoms with Crippen LogP contribution in [0.3, 0.4) is 0 Å². The summed E-state index contributed by atoms with van der Waals surface area (Å²) in [4.78, 5) is 20.2. The highest BCUT2D eigenvalue weighted by molar-refractivity contribution is 5.76. The van der Waals surface area contributed by atoms with E-state index in [1.807, 2.05) is 37.3 Å². The van der Waals surface area contributed by atoms with Crippen molar-refractivity contribution in [1.82, 2.24) is 15.3 Å². The van der Waals surface area contributed by atoms with Gasteiger partial charge >= 0.3 is 0 Å². The zero-order valence-electron chi connectivity index (χ0n) is 17.7. The van der Waals surface area contributed by atoms with Crippen molar-refractivity contribution in [2.24, 2.45) is 0 Å². The second-order valence-electron chi connectivity index (χ2n) is 7.01. The maximum absolute atomic E-state index is 12.4. The zero-order chi connectivity index (χ0) is 22.1. The van der Waals surface area contributed by atoms with Crippen LogP contribution >= 0.6 is 0 Å². The minimum Gasteiger partial charge on any atom is -0.493 e. The average molecular weight is 418 g/mol. The summed E-state index contributed by atoms with van der Waals surface area (Å²) in [5.41, 5.74) is 2.48. The number of carbonyl (C=O) groups excluding carboxylic acids is 1. The molecule has 0 aliphatic rings. The SMILES string of the molecule is CCC(NC(=O)CCCOc1ccc(C#N)cc1OC)c1ncc(-c2ccccc2)[nH]1. The molecule has 160 valence electrons. The van der Waals surface area contributed by atoms with Gasteiger partial charge in [0.25, 0.3) is 0 Å². The lowest BCUT2D eigenvalue weighted by molar-refractivity contribution is -0.122. The van der Waals surface area contributed by atoms with E-state index in [1.165, 1.54) is 7.11 Å². The predicted octanol–water partition coefficient (Wildman–Crippen LogP) is 4.38. The summed E-state index contributed by atoms with van der Waals surface area (Å²) in [6.07, 6.45) is 3.41. The van der Waals surface area contributed by atoms with Gasteiger partial charge in [-0.25, -0.2) is 4.98 Å². The lowest BCUT2D eigenvalue weighted by Crippen LogP contribution is -2.29. The van der Waals surface area contributed by atoms with Crippen molar-refractivity contribution >= 4 is 5.91 Å². The first kappa shape index (κ1) is 21.9. The van der Waals surface area contributed by atoms with Crippen molar-refractivity contribution in [1.29, 1.82) is 5.26 Å². The number of ether oxygens (including phenoxy) is 2. The highest BCUT2D eigenvalue weighted by Crippen LogP contribution is 2.28. The van der Waals surface area contributed by atoms with Crippen LogP contribution in [0.2, 0.25) is 0 Å². The Hall–Kier alpha value is -3.79. The molecule has 7 nitrogen and oxygen atoms in total. The van der Waals surface area contributed by atoms with Crippen molar-refractivity contribution < 1.29 is 14.3 Å². The summed E-state index contributed by atoms with van der Waals surface area (Å²) in [6.45, 7) is 2.38. The van der Waals surface area contributed by atoms with E-state index < -0.39 is 0 Å². The number of rotatable bonds is 10. The van der Waals surface area contributed by atoms with Gasteiger partial charge in [0.1, 0.15) is 5.82 Å². The fraction of sp³-hybridized carbons (Fsp3) is 0.292. The molecule has 0 aliphatic heterocycles. The molecule has 3 aromatic rings. The van der Waals surface area contributed by atoms with E-state index in [2.05, 4.69) is 21.4 Å². The number of aromatic amines is 1. The molecule has 1 atom stereocenters. The first-order valence-electron chi connectivity index (χ1n) is 10.2. The third-order valence-electron chi connectivity index (χ3n) is 4.85. The molecule has 0 aliphatic carbocycles. The first-order valence-corrected chi connectivity index (χ1v) is 10.2. The Morgan fingerprint density at radius 1 is 1.23 bits per heavy atom. The highest BCUT2D eigenvalue weighted by atomic mass is 16.5. The first-order chi connectivity index (χ1) is 15.1. The fourth-order valence-electron chi connectivity index (χ4n) is 3.18. The van der Waals surface area contributed by atoms with Gasteiger partial charge in [-0.3, -0.25) is 4.79 Å². The molecule has 7 heteroatoms. The number of methoxy groups -OCH3 is 1. The van der Waals surface area contributed by atoms with E-state index in [9.17, 15) is 4.79 Å². The Morgan fingerprint density at radius 2 is 2.03 bits per heavy atom. The van der Waals surface area contributed by atoms with Crippen LogP contribution in [0.15, 0.2) is 54.7 Å². The fourth-order valence-corrected chi connectivity index (χ4v) is 3.18. The smallest absolute Gasteiger partial charge is 0.220 e. The van der Waals surface area contributed by atoms with E-state index in [4.69, 9.17) is 14.7 Å². The van der Waals surface area contributed by atoms with Crippen LogP contribution < -0.4 is 14.8 Å². The van der Waals surface area contributed by atoms with Crippen molar-refractivity contribution in [3.05, 3.63) is 66.1 Å². The number of nitriles is 1. The zero-order valence-corrected chi connectivity index (χ0v) is 17.7. The molecule has 2 aromatic carbocycles. The molecule has 0 saturated heterocycles. The van der Waals surface area contributed by atoms with Crippen LogP contribution in [0.5, 0.6) is 11.5 Å². The number of hydrogen-bond donors (Lipinski definition) is 2. The maximum atomic E-state index is 12.4. The largest absolute Gasteiger partial charge is 0.493 e. The molecular weight excluding hydrogens is 392 g/mol. The standard InChI is InChI=1S/C24H26N4O3/c1-3-19(24-26-16-20(28-24)18-8-5-4-6-9-18)27-23(29)10-7-13-31-21-12-11-17(15-25)14-22(21)30-2/h4-6,8-9,11-12,14,16,19H,3,7,10,13H2,1-2H3,(H,26,28)(H,27,29). The Bertz CT molecular complexity index is 1040. The van der Waals surface area contributed by atoms with Crippen molar-refractivity contribution in [2.45, 2.75) is 32.2 Å². The van der Waals surface area contributed by atoms with E-state index in [0.717, 1.165) is 23.5 Å². The second-order valence-corrected chi connectivity index (χ2v) is 7.01. The Morgan fingerprint density at radius 3 is 2.74 bits per heavy atom. The Labute approximate surface area is 182 Å². The number of amides is 1. The Kier molecular flexibility index (Phi) is 7.66. The minimum atomic E-state index is -0.176. The normalized spacial score (nSPS) is 11.4. The number of benzene rings is 2. The number of aromatic nitrogens is 2. The van der Waals surface area contributed by atoms with Crippen LogP contribution in [0.4, 0.5) is 0 Å². The van der Waals surface area contributed by atoms with Crippen molar-refractivity contribution in [2.75, 3.05) is 13.7 Å². The summed E-state index contributed by atoms with van der Waals surface area (Å²) < 4.78 is 11.0. The van der Waals surface area contributed by atoms with E-state index in [-0.39, 0.29) is 11.9 Å². The molecule has 0 fully saturated rings. The maximum Gasteiger partial charge on any atom is 0.220 e. The number of H-pyrrole nitrogens is 1. The number of nitrogens with zero attached hydrogens (tertiary/aromatic N) is 2. The molecule has 31 heavy (non-hydrogen) atoms. The third kappa shape index (κ3) is 5.86. The van der Waals surface area contributed by atoms with Gasteiger partial charge < -0.3 is 19.8 Å². The minimum absolute atomic E-state index is 0.0556. The van der Waals surface area contributed by atoms with Crippen LogP contribution in [0.1, 0.15) is 43.6 Å². The Balaban J connectivity index is 1.49. The molecule has 1 amide bonds. The summed E-state index contributed by atoms with van der Waals surface area (Å²) in [7, 11) is 1.53. The van der Waals surface area contributed by atoms with Crippen molar-refractivity contribution in [3.8, 4) is 28.8 Å². The molecule has 1 heterocycles. The number of imidazole rings is 1. The van der Waals surface area contributed by atoms with Crippen LogP contribution in [0, 0.1) is 11.3 Å². The van der Waals surface area contributed by atoms with Crippen LogP contribution in [0.25, 0.3) is 11.3 Å². The average Bonchev–Trinajstić information content (AvgIpc) is 3.31. The van der Waals surface area contributed by atoms with Gasteiger partial charge in [0.2, 0.25) is 5.91 Å². The second kappa shape index (κ2) is 10.8.